The highest BCUT2D eigenvalue weighted by atomic mass is 32.1. The summed E-state index contributed by atoms with van der Waals surface area (Å²) in [6.45, 7) is 6.14. The highest BCUT2D eigenvalue weighted by Gasteiger charge is 2.11. The van der Waals surface area contributed by atoms with E-state index in [9.17, 15) is 4.79 Å². The number of carbonyl (C=O) groups is 1. The van der Waals surface area contributed by atoms with Crippen molar-refractivity contribution in [3.05, 3.63) is 10.9 Å². The zero-order chi connectivity index (χ0) is 13.7. The van der Waals surface area contributed by atoms with E-state index < -0.39 is 5.91 Å². The fraction of sp³-hybridized carbons (Fsp3) is 0.583. The van der Waals surface area contributed by atoms with E-state index in [0.29, 0.717) is 16.6 Å². The van der Waals surface area contributed by atoms with Crippen LogP contribution < -0.4 is 16.8 Å². The lowest BCUT2D eigenvalue weighted by Gasteiger charge is -2.23. The topological polar surface area (TPSA) is 84.4 Å². The summed E-state index contributed by atoms with van der Waals surface area (Å²) in [5, 5.41) is 4.15. The summed E-state index contributed by atoms with van der Waals surface area (Å²) in [6.07, 6.45) is 1.13. The van der Waals surface area contributed by atoms with E-state index in [0.717, 1.165) is 24.5 Å². The van der Waals surface area contributed by atoms with E-state index >= 15 is 0 Å². The summed E-state index contributed by atoms with van der Waals surface area (Å²) in [5.41, 5.74) is 11.4. The van der Waals surface area contributed by atoms with Gasteiger partial charge in [-0.2, -0.15) is 0 Å². The first-order valence-electron chi connectivity index (χ1n) is 6.08. The molecular formula is C12H22N4OS. The van der Waals surface area contributed by atoms with Crippen molar-refractivity contribution in [2.45, 2.75) is 26.3 Å². The van der Waals surface area contributed by atoms with Crippen LogP contribution in [0.2, 0.25) is 0 Å². The molecule has 0 saturated carbocycles. The van der Waals surface area contributed by atoms with Crippen LogP contribution >= 0.6 is 11.3 Å². The number of likely N-dealkylation sites (N-methyl/N-ethyl adjacent to an activating group) is 1. The van der Waals surface area contributed by atoms with Crippen molar-refractivity contribution in [1.29, 1.82) is 0 Å². The molecule has 1 aromatic rings. The van der Waals surface area contributed by atoms with E-state index in [2.05, 4.69) is 31.1 Å². The maximum atomic E-state index is 11.1. The van der Waals surface area contributed by atoms with Gasteiger partial charge in [-0.1, -0.05) is 6.92 Å². The second-order valence-corrected chi connectivity index (χ2v) is 5.48. The van der Waals surface area contributed by atoms with Crippen LogP contribution in [0, 0.1) is 0 Å². The highest BCUT2D eigenvalue weighted by Crippen LogP contribution is 2.28. The van der Waals surface area contributed by atoms with Crippen LogP contribution in [0.25, 0.3) is 0 Å². The van der Waals surface area contributed by atoms with E-state index in [1.54, 1.807) is 6.07 Å². The van der Waals surface area contributed by atoms with Crippen LogP contribution in [0.1, 0.15) is 29.9 Å². The molecule has 0 radical (unpaired) electrons. The largest absolute Gasteiger partial charge is 0.397 e. The van der Waals surface area contributed by atoms with Gasteiger partial charge in [-0.25, -0.2) is 0 Å². The minimum atomic E-state index is -0.470. The molecule has 0 aliphatic carbocycles. The Hall–Kier alpha value is -1.27. The fourth-order valence-electron chi connectivity index (χ4n) is 1.57. The van der Waals surface area contributed by atoms with Crippen LogP contribution in [0.15, 0.2) is 6.07 Å². The van der Waals surface area contributed by atoms with Gasteiger partial charge in [0.2, 0.25) is 0 Å². The average molecular weight is 270 g/mol. The molecule has 0 aliphatic heterocycles. The average Bonchev–Trinajstić information content (AvgIpc) is 2.69. The van der Waals surface area contributed by atoms with Gasteiger partial charge in [0, 0.05) is 19.1 Å². The number of anilines is 2. The number of carbonyl (C=O) groups excluding carboxylic acids is 1. The summed E-state index contributed by atoms with van der Waals surface area (Å²) in [5.74, 6) is -0.470. The van der Waals surface area contributed by atoms with Crippen molar-refractivity contribution in [2.75, 3.05) is 31.2 Å². The second kappa shape index (κ2) is 6.61. The van der Waals surface area contributed by atoms with E-state index in [-0.39, 0.29) is 0 Å². The molecule has 0 bridgehead atoms. The molecule has 5 nitrogen and oxygen atoms in total. The van der Waals surface area contributed by atoms with Crippen LogP contribution in [0.3, 0.4) is 0 Å². The predicted molar refractivity (Wildman–Crippen MR) is 78.1 cm³/mol. The number of hydrogen-bond acceptors (Lipinski definition) is 5. The van der Waals surface area contributed by atoms with Gasteiger partial charge in [-0.3, -0.25) is 4.79 Å². The third-order valence-corrected chi connectivity index (χ3v) is 4.21. The number of amides is 1. The second-order valence-electron chi connectivity index (χ2n) is 4.42. The Bertz CT molecular complexity index is 405. The predicted octanol–water partition coefficient (Wildman–Crippen LogP) is 1.57. The number of nitrogens with zero attached hydrogens (tertiary/aromatic N) is 1. The van der Waals surface area contributed by atoms with Gasteiger partial charge in [0.15, 0.2) is 0 Å². The van der Waals surface area contributed by atoms with Gasteiger partial charge in [-0.05, 0) is 26.5 Å². The lowest BCUT2D eigenvalue weighted by molar-refractivity contribution is 0.100. The number of rotatable bonds is 7. The molecule has 1 atom stereocenters. The number of nitrogens with one attached hydrogen (secondary N) is 1. The molecule has 0 fully saturated rings. The van der Waals surface area contributed by atoms with E-state index in [1.165, 1.54) is 11.3 Å². The normalized spacial score (nSPS) is 12.7. The van der Waals surface area contributed by atoms with Crippen molar-refractivity contribution in [1.82, 2.24) is 4.90 Å². The van der Waals surface area contributed by atoms with Crippen LogP contribution in [0.5, 0.6) is 0 Å². The molecule has 0 saturated heterocycles. The Labute approximate surface area is 112 Å². The van der Waals surface area contributed by atoms with Gasteiger partial charge < -0.3 is 21.7 Å². The molecule has 1 aromatic heterocycles. The number of hydrogen-bond donors (Lipinski definition) is 3. The first kappa shape index (κ1) is 14.8. The molecule has 0 spiro atoms. The molecule has 6 heteroatoms. The molecule has 5 N–H and O–H groups in total. The van der Waals surface area contributed by atoms with Gasteiger partial charge in [0.1, 0.15) is 4.88 Å². The summed E-state index contributed by atoms with van der Waals surface area (Å²) < 4.78 is 0. The first-order chi connectivity index (χ1) is 8.45. The Morgan fingerprint density at radius 3 is 2.78 bits per heavy atom. The molecule has 1 unspecified atom stereocenters. The summed E-state index contributed by atoms with van der Waals surface area (Å²) >= 11 is 1.30. The summed E-state index contributed by atoms with van der Waals surface area (Å²) in [6, 6.07) is 2.33. The first-order valence-corrected chi connectivity index (χ1v) is 6.90. The van der Waals surface area contributed by atoms with E-state index in [4.69, 9.17) is 11.5 Å². The summed E-state index contributed by atoms with van der Waals surface area (Å²) in [7, 11) is 2.10. The van der Waals surface area contributed by atoms with Crippen LogP contribution in [0.4, 0.5) is 10.7 Å². The molecule has 0 aliphatic rings. The quantitative estimate of drug-likeness (QED) is 0.702. The van der Waals surface area contributed by atoms with E-state index in [1.807, 2.05) is 0 Å². The van der Waals surface area contributed by atoms with Crippen molar-refractivity contribution >= 4 is 27.9 Å². The Morgan fingerprint density at radius 1 is 1.61 bits per heavy atom. The smallest absolute Gasteiger partial charge is 0.260 e. The third-order valence-electron chi connectivity index (χ3n) is 3.09. The standard InChI is InChI=1S/C12H22N4OS/c1-4-8(2)16(3)6-5-15-10-7-9(13)11(18-10)12(14)17/h7-8,15H,4-6,13H2,1-3H3,(H2,14,17). The number of nitrogens with two attached hydrogens (primary N) is 2. The Kier molecular flexibility index (Phi) is 5.43. The number of nitrogen functional groups attached to an aromatic ring is 1. The molecular weight excluding hydrogens is 248 g/mol. The summed E-state index contributed by atoms with van der Waals surface area (Å²) in [4.78, 5) is 13.8. The van der Waals surface area contributed by atoms with Crippen molar-refractivity contribution < 1.29 is 4.79 Å². The molecule has 0 aromatic carbocycles. The van der Waals surface area contributed by atoms with Gasteiger partial charge in [0.25, 0.3) is 5.91 Å². The van der Waals surface area contributed by atoms with Crippen molar-refractivity contribution in [3.8, 4) is 0 Å². The van der Waals surface area contributed by atoms with Crippen molar-refractivity contribution in [2.24, 2.45) is 5.73 Å². The maximum Gasteiger partial charge on any atom is 0.260 e. The lowest BCUT2D eigenvalue weighted by atomic mass is 10.2. The fourth-order valence-corrected chi connectivity index (χ4v) is 2.43. The van der Waals surface area contributed by atoms with Gasteiger partial charge in [-0.15, -0.1) is 11.3 Å². The zero-order valence-corrected chi connectivity index (χ0v) is 12.0. The van der Waals surface area contributed by atoms with Gasteiger partial charge >= 0.3 is 0 Å². The van der Waals surface area contributed by atoms with Crippen LogP contribution in [-0.2, 0) is 0 Å². The van der Waals surface area contributed by atoms with Gasteiger partial charge in [0.05, 0.1) is 10.7 Å². The highest BCUT2D eigenvalue weighted by molar-refractivity contribution is 7.18. The van der Waals surface area contributed by atoms with Crippen LogP contribution in [-0.4, -0.2) is 37.0 Å². The molecule has 18 heavy (non-hydrogen) atoms. The third kappa shape index (κ3) is 3.89. The molecule has 1 amide bonds. The Balaban J connectivity index is 2.45. The molecule has 1 rings (SSSR count). The molecule has 102 valence electrons. The number of primary amides is 1. The van der Waals surface area contributed by atoms with Crippen molar-refractivity contribution in [3.63, 3.8) is 0 Å². The monoisotopic (exact) mass is 270 g/mol. The zero-order valence-electron chi connectivity index (χ0n) is 11.2. The maximum absolute atomic E-state index is 11.1. The minimum absolute atomic E-state index is 0.424. The SMILES string of the molecule is CCC(C)N(C)CCNc1cc(N)c(C(N)=O)s1. The number of thiophene rings is 1. The lowest BCUT2D eigenvalue weighted by Crippen LogP contribution is -2.32. The Morgan fingerprint density at radius 2 is 2.28 bits per heavy atom. The molecule has 1 heterocycles. The minimum Gasteiger partial charge on any atom is -0.397 e.